The molecule has 1 N–H and O–H groups in total. The fraction of sp³-hybridized carbons (Fsp3) is 0.333. The van der Waals surface area contributed by atoms with E-state index in [1.807, 2.05) is 13.1 Å². The maximum absolute atomic E-state index is 5.54. The van der Waals surface area contributed by atoms with Gasteiger partial charge in [-0.2, -0.15) is 0 Å². The van der Waals surface area contributed by atoms with Crippen LogP contribution in [0.15, 0.2) is 30.6 Å². The molecule has 0 fully saturated rings. The predicted molar refractivity (Wildman–Crippen MR) is 75.1 cm³/mol. The molecule has 0 bridgehead atoms. The number of aromatic nitrogens is 2. The number of ether oxygens (including phenoxy) is 2. The third-order valence-electron chi connectivity index (χ3n) is 3.49. The molecule has 1 unspecified atom stereocenters. The minimum absolute atomic E-state index is 0.0513. The molecule has 1 atom stereocenters. The minimum Gasteiger partial charge on any atom is -0.493 e. The zero-order chi connectivity index (χ0) is 13.9. The largest absolute Gasteiger partial charge is 0.493 e. The molecule has 5 heteroatoms. The van der Waals surface area contributed by atoms with Crippen LogP contribution in [-0.4, -0.2) is 30.7 Å². The molecule has 0 radical (unpaired) electrons. The summed E-state index contributed by atoms with van der Waals surface area (Å²) in [6, 6.07) is 6.19. The van der Waals surface area contributed by atoms with Gasteiger partial charge in [0.1, 0.15) is 11.4 Å². The summed E-state index contributed by atoms with van der Waals surface area (Å²) in [6.07, 6.45) is 4.27. The average Bonchev–Trinajstić information content (AvgIpc) is 2.96. The Labute approximate surface area is 118 Å². The maximum atomic E-state index is 5.54. The van der Waals surface area contributed by atoms with Gasteiger partial charge in [-0.25, -0.2) is 4.98 Å². The highest BCUT2D eigenvalue weighted by atomic mass is 16.5. The molecule has 0 saturated carbocycles. The van der Waals surface area contributed by atoms with Gasteiger partial charge in [-0.1, -0.05) is 12.1 Å². The van der Waals surface area contributed by atoms with Crippen molar-refractivity contribution in [1.82, 2.24) is 15.3 Å². The molecule has 5 nitrogen and oxygen atoms in total. The Morgan fingerprint density at radius 2 is 2.15 bits per heavy atom. The molecule has 0 spiro atoms. The van der Waals surface area contributed by atoms with Crippen molar-refractivity contribution in [1.29, 1.82) is 0 Å². The molecule has 0 saturated heterocycles. The van der Waals surface area contributed by atoms with Crippen LogP contribution in [0.1, 0.15) is 22.9 Å². The molecule has 0 amide bonds. The first-order chi connectivity index (χ1) is 9.83. The van der Waals surface area contributed by atoms with Gasteiger partial charge in [-0.05, 0) is 24.2 Å². The van der Waals surface area contributed by atoms with Crippen LogP contribution in [0.4, 0.5) is 0 Å². The summed E-state index contributed by atoms with van der Waals surface area (Å²) in [6.45, 7) is 0.761. The number of rotatable bonds is 4. The van der Waals surface area contributed by atoms with Gasteiger partial charge in [-0.3, -0.25) is 4.98 Å². The lowest BCUT2D eigenvalue weighted by molar-refractivity contribution is 0.356. The second-order valence-corrected chi connectivity index (χ2v) is 4.64. The Kier molecular flexibility index (Phi) is 3.52. The van der Waals surface area contributed by atoms with E-state index < -0.39 is 0 Å². The van der Waals surface area contributed by atoms with Gasteiger partial charge < -0.3 is 14.8 Å². The minimum atomic E-state index is -0.0513. The lowest BCUT2D eigenvalue weighted by atomic mass is 10.00. The van der Waals surface area contributed by atoms with Gasteiger partial charge in [0.05, 0.1) is 19.8 Å². The highest BCUT2D eigenvalue weighted by Gasteiger charge is 2.21. The van der Waals surface area contributed by atoms with E-state index >= 15 is 0 Å². The van der Waals surface area contributed by atoms with Gasteiger partial charge in [0.15, 0.2) is 0 Å². The van der Waals surface area contributed by atoms with Crippen molar-refractivity contribution in [2.45, 2.75) is 12.5 Å². The second-order valence-electron chi connectivity index (χ2n) is 4.64. The van der Waals surface area contributed by atoms with Crippen LogP contribution in [0, 0.1) is 0 Å². The van der Waals surface area contributed by atoms with E-state index in [1.165, 1.54) is 5.56 Å². The van der Waals surface area contributed by atoms with Crippen molar-refractivity contribution < 1.29 is 9.47 Å². The van der Waals surface area contributed by atoms with Crippen molar-refractivity contribution >= 4 is 0 Å². The molecule has 104 valence electrons. The molecule has 2 heterocycles. The smallest absolute Gasteiger partial charge is 0.237 e. The number of nitrogens with zero attached hydrogens (tertiary/aromatic N) is 2. The van der Waals surface area contributed by atoms with Gasteiger partial charge in [-0.15, -0.1) is 0 Å². The lowest BCUT2D eigenvalue weighted by Gasteiger charge is -2.18. The summed E-state index contributed by atoms with van der Waals surface area (Å²) >= 11 is 0. The van der Waals surface area contributed by atoms with E-state index in [4.69, 9.17) is 9.47 Å². The number of hydrogen-bond donors (Lipinski definition) is 1. The number of fused-ring (bicyclic) bond motifs is 1. The average molecular weight is 271 g/mol. The topological polar surface area (TPSA) is 56.3 Å². The zero-order valence-corrected chi connectivity index (χ0v) is 11.6. The molecule has 1 aromatic carbocycles. The van der Waals surface area contributed by atoms with Crippen LogP contribution < -0.4 is 14.8 Å². The van der Waals surface area contributed by atoms with Crippen LogP contribution in [-0.2, 0) is 6.42 Å². The van der Waals surface area contributed by atoms with Crippen LogP contribution in [0.5, 0.6) is 11.6 Å². The third-order valence-corrected chi connectivity index (χ3v) is 3.49. The molecule has 20 heavy (non-hydrogen) atoms. The maximum Gasteiger partial charge on any atom is 0.237 e. The molecule has 3 rings (SSSR count). The summed E-state index contributed by atoms with van der Waals surface area (Å²) in [5.74, 6) is 1.53. The molecular weight excluding hydrogens is 254 g/mol. The number of methoxy groups -OCH3 is 1. The molecular formula is C15H17N3O2. The molecule has 1 aromatic heterocycles. The Hall–Kier alpha value is -2.14. The van der Waals surface area contributed by atoms with Crippen molar-refractivity contribution in [2.75, 3.05) is 20.8 Å². The first-order valence-corrected chi connectivity index (χ1v) is 6.61. The Bertz CT molecular complexity index is 616. The summed E-state index contributed by atoms with van der Waals surface area (Å²) in [5, 5.41) is 3.28. The fourth-order valence-corrected chi connectivity index (χ4v) is 2.54. The molecule has 0 aliphatic carbocycles. The highest BCUT2D eigenvalue weighted by Crippen LogP contribution is 2.31. The van der Waals surface area contributed by atoms with Crippen LogP contribution in [0.25, 0.3) is 0 Å². The van der Waals surface area contributed by atoms with Gasteiger partial charge in [0.2, 0.25) is 5.88 Å². The summed E-state index contributed by atoms with van der Waals surface area (Å²) in [5.41, 5.74) is 3.16. The molecule has 2 aromatic rings. The van der Waals surface area contributed by atoms with E-state index in [1.54, 1.807) is 19.5 Å². The number of benzene rings is 1. The monoisotopic (exact) mass is 271 g/mol. The van der Waals surface area contributed by atoms with Crippen molar-refractivity contribution in [3.05, 3.63) is 47.4 Å². The first kappa shape index (κ1) is 12.9. The van der Waals surface area contributed by atoms with Crippen molar-refractivity contribution in [3.63, 3.8) is 0 Å². The Morgan fingerprint density at radius 3 is 2.95 bits per heavy atom. The standard InChI is InChI=1S/C15H17N3O2/c1-16-13(14-15(19-2)18-7-6-17-14)11-3-4-12-10(9-11)5-8-20-12/h3-4,6-7,9,13,16H,5,8H2,1-2H3. The van der Waals surface area contributed by atoms with Crippen molar-refractivity contribution in [2.24, 2.45) is 0 Å². The first-order valence-electron chi connectivity index (χ1n) is 6.61. The predicted octanol–water partition coefficient (Wildman–Crippen LogP) is 1.73. The van der Waals surface area contributed by atoms with Crippen molar-refractivity contribution in [3.8, 4) is 11.6 Å². The van der Waals surface area contributed by atoms with E-state index in [-0.39, 0.29) is 6.04 Å². The SMILES string of the molecule is CNC(c1ccc2c(c1)CCO2)c1nccnc1OC. The second kappa shape index (κ2) is 5.46. The van der Waals surface area contributed by atoms with Crippen LogP contribution in [0.3, 0.4) is 0 Å². The third kappa shape index (κ3) is 2.20. The quantitative estimate of drug-likeness (QED) is 0.917. The number of nitrogens with one attached hydrogen (secondary N) is 1. The highest BCUT2D eigenvalue weighted by molar-refractivity contribution is 5.43. The lowest BCUT2D eigenvalue weighted by Crippen LogP contribution is -2.20. The Morgan fingerprint density at radius 1 is 1.30 bits per heavy atom. The summed E-state index contributed by atoms with van der Waals surface area (Å²) < 4.78 is 10.8. The van der Waals surface area contributed by atoms with E-state index in [9.17, 15) is 0 Å². The van der Waals surface area contributed by atoms with E-state index in [0.717, 1.165) is 30.0 Å². The number of hydrogen-bond acceptors (Lipinski definition) is 5. The summed E-state index contributed by atoms with van der Waals surface area (Å²) in [7, 11) is 3.51. The van der Waals surface area contributed by atoms with Gasteiger partial charge in [0, 0.05) is 18.8 Å². The Balaban J connectivity index is 2.01. The van der Waals surface area contributed by atoms with Crippen LogP contribution in [0.2, 0.25) is 0 Å². The molecule has 1 aliphatic rings. The van der Waals surface area contributed by atoms with Gasteiger partial charge in [0.25, 0.3) is 0 Å². The van der Waals surface area contributed by atoms with E-state index in [2.05, 4.69) is 27.4 Å². The normalized spacial score (nSPS) is 14.5. The fourth-order valence-electron chi connectivity index (χ4n) is 2.54. The van der Waals surface area contributed by atoms with Gasteiger partial charge >= 0.3 is 0 Å². The molecule has 1 aliphatic heterocycles. The van der Waals surface area contributed by atoms with Crippen LogP contribution >= 0.6 is 0 Å². The van der Waals surface area contributed by atoms with E-state index in [0.29, 0.717) is 5.88 Å². The summed E-state index contributed by atoms with van der Waals surface area (Å²) in [4.78, 5) is 8.62. The zero-order valence-electron chi connectivity index (χ0n) is 11.6.